The third-order valence-electron chi connectivity index (χ3n) is 3.40. The molecular formula is C15H19N3O2. The molecule has 1 N–H and O–H groups in total. The average Bonchev–Trinajstić information content (AvgIpc) is 2.82. The minimum atomic E-state index is -0.800. The van der Waals surface area contributed by atoms with Gasteiger partial charge in [-0.1, -0.05) is 30.3 Å². The summed E-state index contributed by atoms with van der Waals surface area (Å²) in [5.41, 5.74) is 1.01. The second kappa shape index (κ2) is 6.34. The highest BCUT2D eigenvalue weighted by Gasteiger charge is 2.21. The van der Waals surface area contributed by atoms with Crippen molar-refractivity contribution in [3.8, 4) is 0 Å². The van der Waals surface area contributed by atoms with E-state index in [2.05, 4.69) is 4.98 Å². The number of carboxylic acids is 1. The van der Waals surface area contributed by atoms with E-state index in [0.717, 1.165) is 11.4 Å². The lowest BCUT2D eigenvalue weighted by atomic mass is 10.0. The van der Waals surface area contributed by atoms with Crippen molar-refractivity contribution >= 4 is 5.97 Å². The van der Waals surface area contributed by atoms with Crippen molar-refractivity contribution in [1.82, 2.24) is 14.5 Å². The van der Waals surface area contributed by atoms with Crippen LogP contribution in [-0.4, -0.2) is 32.6 Å². The van der Waals surface area contributed by atoms with E-state index < -0.39 is 5.97 Å². The molecule has 1 aromatic carbocycles. The molecule has 5 nitrogen and oxygen atoms in total. The van der Waals surface area contributed by atoms with Gasteiger partial charge in [-0.05, 0) is 12.6 Å². The van der Waals surface area contributed by atoms with E-state index in [-0.39, 0.29) is 12.5 Å². The fourth-order valence-electron chi connectivity index (χ4n) is 2.25. The quantitative estimate of drug-likeness (QED) is 0.875. The number of aromatic nitrogens is 2. The first-order valence-electron chi connectivity index (χ1n) is 6.51. The Morgan fingerprint density at radius 1 is 1.40 bits per heavy atom. The third-order valence-corrected chi connectivity index (χ3v) is 3.40. The number of hydrogen-bond donors (Lipinski definition) is 1. The number of nitrogens with zero attached hydrogens (tertiary/aromatic N) is 3. The van der Waals surface area contributed by atoms with Crippen molar-refractivity contribution in [2.24, 2.45) is 7.05 Å². The summed E-state index contributed by atoms with van der Waals surface area (Å²) in [6.45, 7) is 0.607. The summed E-state index contributed by atoms with van der Waals surface area (Å²) in [5.74, 6) is 0.115. The van der Waals surface area contributed by atoms with Crippen LogP contribution >= 0.6 is 0 Å². The van der Waals surface area contributed by atoms with Crippen LogP contribution in [0.25, 0.3) is 0 Å². The maximum absolute atomic E-state index is 11.1. The number of rotatable bonds is 6. The minimum Gasteiger partial charge on any atom is -0.481 e. The van der Waals surface area contributed by atoms with Crippen LogP contribution in [0.2, 0.25) is 0 Å². The van der Waals surface area contributed by atoms with E-state index in [1.165, 1.54) is 0 Å². The molecular weight excluding hydrogens is 254 g/mol. The monoisotopic (exact) mass is 273 g/mol. The second-order valence-electron chi connectivity index (χ2n) is 4.89. The highest BCUT2D eigenvalue weighted by molar-refractivity contribution is 5.67. The maximum Gasteiger partial charge on any atom is 0.305 e. The molecule has 0 amide bonds. The van der Waals surface area contributed by atoms with E-state index in [1.54, 1.807) is 6.20 Å². The van der Waals surface area contributed by atoms with Crippen LogP contribution in [0.4, 0.5) is 0 Å². The van der Waals surface area contributed by atoms with Crippen molar-refractivity contribution in [3.63, 3.8) is 0 Å². The predicted molar refractivity (Wildman–Crippen MR) is 76.1 cm³/mol. The molecule has 20 heavy (non-hydrogen) atoms. The molecule has 0 bridgehead atoms. The van der Waals surface area contributed by atoms with Crippen LogP contribution in [0.15, 0.2) is 42.7 Å². The molecule has 1 atom stereocenters. The first-order valence-corrected chi connectivity index (χ1v) is 6.51. The molecule has 0 aliphatic carbocycles. The molecule has 0 aliphatic rings. The topological polar surface area (TPSA) is 58.4 Å². The molecule has 0 spiro atoms. The molecule has 1 unspecified atom stereocenters. The normalized spacial score (nSPS) is 12.6. The second-order valence-corrected chi connectivity index (χ2v) is 4.89. The average molecular weight is 273 g/mol. The molecule has 0 saturated heterocycles. The largest absolute Gasteiger partial charge is 0.481 e. The summed E-state index contributed by atoms with van der Waals surface area (Å²) in [6.07, 6.45) is 3.71. The van der Waals surface area contributed by atoms with Gasteiger partial charge in [0.15, 0.2) is 0 Å². The van der Waals surface area contributed by atoms with Gasteiger partial charge in [-0.25, -0.2) is 4.98 Å². The Labute approximate surface area is 118 Å². The third kappa shape index (κ3) is 3.45. The fourth-order valence-corrected chi connectivity index (χ4v) is 2.25. The van der Waals surface area contributed by atoms with Gasteiger partial charge in [0.1, 0.15) is 5.82 Å². The Hall–Kier alpha value is -2.14. The lowest BCUT2D eigenvalue weighted by molar-refractivity contribution is -0.138. The number of imidazole rings is 1. The standard InChI is InChI=1S/C15H19N3O2/c1-17-9-8-16-14(17)11-18(2)13(10-15(19)20)12-6-4-3-5-7-12/h3-9,13H,10-11H2,1-2H3,(H,19,20). The molecule has 0 radical (unpaired) electrons. The SMILES string of the molecule is CN(Cc1nccn1C)C(CC(=O)O)c1ccccc1. The number of carbonyl (C=O) groups is 1. The van der Waals surface area contributed by atoms with Crippen LogP contribution in [0.3, 0.4) is 0 Å². The number of aryl methyl sites for hydroxylation is 1. The van der Waals surface area contributed by atoms with Crippen molar-refractivity contribution in [2.45, 2.75) is 19.0 Å². The zero-order valence-electron chi connectivity index (χ0n) is 11.7. The van der Waals surface area contributed by atoms with Gasteiger partial charge in [-0.3, -0.25) is 9.69 Å². The lowest BCUT2D eigenvalue weighted by Crippen LogP contribution is -2.27. The zero-order valence-corrected chi connectivity index (χ0v) is 11.7. The van der Waals surface area contributed by atoms with E-state index in [9.17, 15) is 4.79 Å². The highest BCUT2D eigenvalue weighted by Crippen LogP contribution is 2.24. The van der Waals surface area contributed by atoms with Crippen molar-refractivity contribution in [1.29, 1.82) is 0 Å². The van der Waals surface area contributed by atoms with E-state index in [0.29, 0.717) is 6.54 Å². The predicted octanol–water partition coefficient (Wildman–Crippen LogP) is 2.07. The van der Waals surface area contributed by atoms with Gasteiger partial charge in [-0.15, -0.1) is 0 Å². The van der Waals surface area contributed by atoms with Crippen molar-refractivity contribution in [3.05, 3.63) is 54.1 Å². The van der Waals surface area contributed by atoms with E-state index >= 15 is 0 Å². The van der Waals surface area contributed by atoms with Crippen LogP contribution in [0, 0.1) is 0 Å². The Morgan fingerprint density at radius 3 is 2.65 bits per heavy atom. The van der Waals surface area contributed by atoms with Gasteiger partial charge < -0.3 is 9.67 Å². The summed E-state index contributed by atoms with van der Waals surface area (Å²) in [7, 11) is 3.86. The van der Waals surface area contributed by atoms with Crippen LogP contribution in [0.5, 0.6) is 0 Å². The van der Waals surface area contributed by atoms with Gasteiger partial charge in [0.2, 0.25) is 0 Å². The Bertz CT molecular complexity index is 566. The molecule has 106 valence electrons. The molecule has 0 aliphatic heterocycles. The Balaban J connectivity index is 2.18. The number of benzene rings is 1. The molecule has 2 aromatic rings. The lowest BCUT2D eigenvalue weighted by Gasteiger charge is -2.27. The Kier molecular flexibility index (Phi) is 4.53. The molecule has 0 fully saturated rings. The van der Waals surface area contributed by atoms with Gasteiger partial charge >= 0.3 is 5.97 Å². The smallest absolute Gasteiger partial charge is 0.305 e. The van der Waals surface area contributed by atoms with Crippen LogP contribution < -0.4 is 0 Å². The number of hydrogen-bond acceptors (Lipinski definition) is 3. The highest BCUT2D eigenvalue weighted by atomic mass is 16.4. The summed E-state index contributed by atoms with van der Waals surface area (Å²) in [6, 6.07) is 9.55. The summed E-state index contributed by atoms with van der Waals surface area (Å²) >= 11 is 0. The fraction of sp³-hybridized carbons (Fsp3) is 0.333. The van der Waals surface area contributed by atoms with Crippen LogP contribution in [-0.2, 0) is 18.4 Å². The molecule has 0 saturated carbocycles. The van der Waals surface area contributed by atoms with Crippen LogP contribution in [0.1, 0.15) is 23.9 Å². The summed E-state index contributed by atoms with van der Waals surface area (Å²) in [4.78, 5) is 17.4. The van der Waals surface area contributed by atoms with Gasteiger partial charge in [0.25, 0.3) is 0 Å². The molecule has 1 aromatic heterocycles. The molecule has 1 heterocycles. The van der Waals surface area contributed by atoms with Crippen molar-refractivity contribution < 1.29 is 9.90 Å². The van der Waals surface area contributed by atoms with E-state index in [1.807, 2.05) is 60.1 Å². The zero-order chi connectivity index (χ0) is 14.5. The van der Waals surface area contributed by atoms with Gasteiger partial charge in [-0.2, -0.15) is 0 Å². The maximum atomic E-state index is 11.1. The Morgan fingerprint density at radius 2 is 2.10 bits per heavy atom. The summed E-state index contributed by atoms with van der Waals surface area (Å²) in [5, 5.41) is 9.13. The first-order chi connectivity index (χ1) is 9.58. The first kappa shape index (κ1) is 14.3. The van der Waals surface area contributed by atoms with Gasteiger partial charge in [0, 0.05) is 25.5 Å². The van der Waals surface area contributed by atoms with Crippen molar-refractivity contribution in [2.75, 3.05) is 7.05 Å². The number of aliphatic carboxylic acids is 1. The number of carboxylic acid groups (broad SMARTS) is 1. The summed E-state index contributed by atoms with van der Waals surface area (Å²) < 4.78 is 1.94. The van der Waals surface area contributed by atoms with Gasteiger partial charge in [0.05, 0.1) is 13.0 Å². The molecule has 5 heteroatoms. The molecule has 2 rings (SSSR count). The van der Waals surface area contributed by atoms with E-state index in [4.69, 9.17) is 5.11 Å². The minimum absolute atomic E-state index is 0.0743.